The van der Waals surface area contributed by atoms with Gasteiger partial charge in [0, 0.05) is 49.4 Å². The molecule has 1 aliphatic heterocycles. The molecule has 0 bridgehead atoms. The molecule has 0 radical (unpaired) electrons. The summed E-state index contributed by atoms with van der Waals surface area (Å²) in [4.78, 5) is 16.9. The minimum Gasteiger partial charge on any atom is -0.398 e. The second kappa shape index (κ2) is 7.32. The van der Waals surface area contributed by atoms with Crippen molar-refractivity contribution in [3.63, 3.8) is 0 Å². The van der Waals surface area contributed by atoms with E-state index in [4.69, 9.17) is 17.3 Å². The molecule has 3 rings (SSSR count). The summed E-state index contributed by atoms with van der Waals surface area (Å²) in [7, 11) is 0. The van der Waals surface area contributed by atoms with Gasteiger partial charge in [0.05, 0.1) is 0 Å². The van der Waals surface area contributed by atoms with Gasteiger partial charge in [-0.1, -0.05) is 24.4 Å². The summed E-state index contributed by atoms with van der Waals surface area (Å²) >= 11 is 6.15. The number of nitrogens with two attached hydrogens (primary N) is 1. The van der Waals surface area contributed by atoms with Crippen LogP contribution in [0.25, 0.3) is 0 Å². The van der Waals surface area contributed by atoms with Crippen LogP contribution >= 0.6 is 11.6 Å². The van der Waals surface area contributed by atoms with E-state index >= 15 is 0 Å². The first-order valence-electron chi connectivity index (χ1n) is 9.00. The average Bonchev–Trinajstić information content (AvgIpc) is 3.34. The molecule has 1 aromatic carbocycles. The summed E-state index contributed by atoms with van der Waals surface area (Å²) in [6, 6.07) is 4.08. The van der Waals surface area contributed by atoms with Crippen molar-refractivity contribution < 1.29 is 4.79 Å². The van der Waals surface area contributed by atoms with E-state index in [2.05, 4.69) is 16.7 Å². The molecule has 5 heteroatoms. The van der Waals surface area contributed by atoms with Crippen LogP contribution in [0, 0.1) is 12.8 Å². The van der Waals surface area contributed by atoms with Crippen molar-refractivity contribution in [2.45, 2.75) is 52.1 Å². The number of hydrogen-bond donors (Lipinski definition) is 1. The lowest BCUT2D eigenvalue weighted by Crippen LogP contribution is -2.53. The number of halogens is 1. The Kier molecular flexibility index (Phi) is 5.36. The second-order valence-corrected chi connectivity index (χ2v) is 7.87. The zero-order chi connectivity index (χ0) is 17.3. The molecule has 1 aliphatic carbocycles. The summed E-state index contributed by atoms with van der Waals surface area (Å²) in [6.07, 6.45) is 4.43. The van der Waals surface area contributed by atoms with Crippen molar-refractivity contribution in [1.82, 2.24) is 9.80 Å². The van der Waals surface area contributed by atoms with Crippen LogP contribution in [0.5, 0.6) is 0 Å². The third kappa shape index (κ3) is 4.22. The van der Waals surface area contributed by atoms with E-state index in [0.29, 0.717) is 10.9 Å². The monoisotopic (exact) mass is 349 g/mol. The molecular formula is C19H28ClN3O. The lowest BCUT2D eigenvalue weighted by molar-refractivity contribution is -0.136. The van der Waals surface area contributed by atoms with Gasteiger partial charge in [0.2, 0.25) is 5.91 Å². The van der Waals surface area contributed by atoms with Gasteiger partial charge >= 0.3 is 0 Å². The molecule has 2 N–H and O–H groups in total. The fraction of sp³-hybridized carbons (Fsp3) is 0.632. The number of hydrogen-bond acceptors (Lipinski definition) is 3. The Balaban J connectivity index is 1.56. The van der Waals surface area contributed by atoms with Gasteiger partial charge in [-0.3, -0.25) is 9.69 Å². The normalized spacial score (nSPS) is 22.0. The first-order valence-corrected chi connectivity index (χ1v) is 9.38. The molecule has 1 atom stereocenters. The van der Waals surface area contributed by atoms with E-state index in [-0.39, 0.29) is 6.04 Å². The molecule has 24 heavy (non-hydrogen) atoms. The molecule has 1 aromatic rings. The molecule has 2 aliphatic rings. The van der Waals surface area contributed by atoms with Crippen molar-refractivity contribution in [3.8, 4) is 0 Å². The Bertz CT molecular complexity index is 615. The van der Waals surface area contributed by atoms with Gasteiger partial charge in [0.1, 0.15) is 0 Å². The number of amides is 1. The maximum atomic E-state index is 12.4. The van der Waals surface area contributed by atoms with E-state index in [1.54, 1.807) is 6.07 Å². The summed E-state index contributed by atoms with van der Waals surface area (Å²) in [5.41, 5.74) is 9.06. The molecule has 1 saturated carbocycles. The molecule has 1 heterocycles. The summed E-state index contributed by atoms with van der Waals surface area (Å²) in [6.45, 7) is 7.67. The molecule has 4 nitrogen and oxygen atoms in total. The van der Waals surface area contributed by atoms with Crippen molar-refractivity contribution >= 4 is 23.2 Å². The molecule has 2 fully saturated rings. The number of carbonyl (C=O) groups is 1. The van der Waals surface area contributed by atoms with Crippen LogP contribution in [-0.2, 0) is 11.3 Å². The van der Waals surface area contributed by atoms with E-state index in [1.165, 1.54) is 18.4 Å². The van der Waals surface area contributed by atoms with Gasteiger partial charge in [0.15, 0.2) is 0 Å². The number of benzene rings is 1. The minimum atomic E-state index is 0.266. The number of piperazine rings is 1. The number of nitrogen functional groups attached to an aromatic ring is 1. The average molecular weight is 350 g/mol. The van der Waals surface area contributed by atoms with Crippen molar-refractivity contribution in [3.05, 3.63) is 28.3 Å². The second-order valence-electron chi connectivity index (χ2n) is 7.43. The largest absolute Gasteiger partial charge is 0.398 e. The lowest BCUT2D eigenvalue weighted by atomic mass is 10.0. The third-order valence-electron chi connectivity index (χ3n) is 5.41. The van der Waals surface area contributed by atoms with Gasteiger partial charge in [-0.05, 0) is 49.4 Å². The van der Waals surface area contributed by atoms with E-state index in [9.17, 15) is 4.79 Å². The van der Waals surface area contributed by atoms with Crippen molar-refractivity contribution in [2.24, 2.45) is 5.92 Å². The molecule has 0 aromatic heterocycles. The summed E-state index contributed by atoms with van der Waals surface area (Å²) < 4.78 is 0. The Hall–Kier alpha value is -1.26. The van der Waals surface area contributed by atoms with E-state index < -0.39 is 0 Å². The highest BCUT2D eigenvalue weighted by atomic mass is 35.5. The third-order valence-corrected chi connectivity index (χ3v) is 5.63. The Morgan fingerprint density at radius 2 is 2.08 bits per heavy atom. The van der Waals surface area contributed by atoms with Crippen molar-refractivity contribution in [1.29, 1.82) is 0 Å². The van der Waals surface area contributed by atoms with Crippen molar-refractivity contribution in [2.75, 3.05) is 25.4 Å². The molecule has 0 unspecified atom stereocenters. The van der Waals surface area contributed by atoms with Crippen LogP contribution in [0.4, 0.5) is 5.69 Å². The van der Waals surface area contributed by atoms with Crippen LogP contribution in [0.2, 0.25) is 5.02 Å². The number of anilines is 1. The number of rotatable bonds is 5. The van der Waals surface area contributed by atoms with Crippen LogP contribution in [-0.4, -0.2) is 41.4 Å². The zero-order valence-corrected chi connectivity index (χ0v) is 15.5. The van der Waals surface area contributed by atoms with Crippen LogP contribution in [0.15, 0.2) is 12.1 Å². The molecule has 0 spiro atoms. The minimum absolute atomic E-state index is 0.266. The van der Waals surface area contributed by atoms with Gasteiger partial charge in [-0.2, -0.15) is 0 Å². The predicted octanol–water partition coefficient (Wildman–Crippen LogP) is 3.45. The highest BCUT2D eigenvalue weighted by Gasteiger charge is 2.29. The Labute approximate surface area is 149 Å². The van der Waals surface area contributed by atoms with Gasteiger partial charge < -0.3 is 10.6 Å². The lowest BCUT2D eigenvalue weighted by Gasteiger charge is -2.40. The quantitative estimate of drug-likeness (QED) is 0.828. The smallest absolute Gasteiger partial charge is 0.222 e. The topological polar surface area (TPSA) is 49.6 Å². The fourth-order valence-electron chi connectivity index (χ4n) is 3.59. The fourth-order valence-corrected chi connectivity index (χ4v) is 3.84. The summed E-state index contributed by atoms with van der Waals surface area (Å²) in [5, 5.41) is 0.690. The van der Waals surface area contributed by atoms with E-state index in [0.717, 1.165) is 56.2 Å². The van der Waals surface area contributed by atoms with Gasteiger partial charge in [0.25, 0.3) is 0 Å². The number of nitrogens with zero attached hydrogens (tertiary/aromatic N) is 2. The maximum absolute atomic E-state index is 12.4. The van der Waals surface area contributed by atoms with Crippen LogP contribution in [0.1, 0.15) is 43.7 Å². The Morgan fingerprint density at radius 1 is 1.33 bits per heavy atom. The first-order chi connectivity index (χ1) is 11.4. The standard InChI is InChI=1S/C19H28ClN3O/c1-13-11-22(12-16-9-17(20)10-18(21)14(16)2)7-8-23(13)19(24)6-5-15-3-4-15/h9-10,13,15H,3-8,11-12,21H2,1-2H3/t13-/m0/s1. The highest BCUT2D eigenvalue weighted by Crippen LogP contribution is 2.33. The van der Waals surface area contributed by atoms with Gasteiger partial charge in [-0.25, -0.2) is 0 Å². The molecule has 1 saturated heterocycles. The first kappa shape index (κ1) is 17.6. The van der Waals surface area contributed by atoms with E-state index in [1.807, 2.05) is 13.0 Å². The highest BCUT2D eigenvalue weighted by molar-refractivity contribution is 6.31. The number of carbonyl (C=O) groups excluding carboxylic acids is 1. The zero-order valence-electron chi connectivity index (χ0n) is 14.7. The molecular weight excluding hydrogens is 322 g/mol. The summed E-state index contributed by atoms with van der Waals surface area (Å²) in [5.74, 6) is 1.15. The molecule has 1 amide bonds. The maximum Gasteiger partial charge on any atom is 0.222 e. The van der Waals surface area contributed by atoms with Crippen LogP contribution in [0.3, 0.4) is 0 Å². The SMILES string of the molecule is Cc1c(N)cc(Cl)cc1CN1CCN(C(=O)CCC2CC2)[C@@H](C)C1. The Morgan fingerprint density at radius 3 is 2.75 bits per heavy atom. The molecule has 132 valence electrons. The van der Waals surface area contributed by atoms with Gasteiger partial charge in [-0.15, -0.1) is 0 Å². The predicted molar refractivity (Wildman–Crippen MR) is 99.0 cm³/mol. The van der Waals surface area contributed by atoms with Crippen LogP contribution < -0.4 is 5.73 Å².